The summed E-state index contributed by atoms with van der Waals surface area (Å²) < 4.78 is 32.5. The Morgan fingerprint density at radius 3 is 2.37 bits per heavy atom. The predicted molar refractivity (Wildman–Crippen MR) is 107 cm³/mol. The van der Waals surface area contributed by atoms with Crippen LogP contribution in [0.4, 0.5) is 5.69 Å². The summed E-state index contributed by atoms with van der Waals surface area (Å²) in [5, 5.41) is 2.81. The second-order valence-corrected chi connectivity index (χ2v) is 9.08. The second-order valence-electron chi connectivity index (χ2n) is 7.36. The van der Waals surface area contributed by atoms with Gasteiger partial charge in [0.25, 0.3) is 0 Å². The Labute approximate surface area is 162 Å². The molecule has 1 aromatic rings. The van der Waals surface area contributed by atoms with Crippen LogP contribution in [-0.2, 0) is 14.8 Å². The van der Waals surface area contributed by atoms with Crippen molar-refractivity contribution in [1.29, 1.82) is 0 Å². The third kappa shape index (κ3) is 7.38. The van der Waals surface area contributed by atoms with Gasteiger partial charge in [0, 0.05) is 18.3 Å². The molecule has 1 unspecified atom stereocenters. The molecule has 7 nitrogen and oxygen atoms in total. The monoisotopic (exact) mass is 397 g/mol. The summed E-state index contributed by atoms with van der Waals surface area (Å²) in [5.41, 5.74) is 6.19. The number of hydrogen-bond acceptors (Lipinski definition) is 5. The van der Waals surface area contributed by atoms with E-state index in [9.17, 15) is 13.2 Å². The molecule has 0 spiro atoms. The minimum Gasteiger partial charge on any atom is -0.491 e. The molecule has 1 atom stereocenters. The van der Waals surface area contributed by atoms with Gasteiger partial charge in [-0.1, -0.05) is 19.3 Å². The van der Waals surface area contributed by atoms with Crippen molar-refractivity contribution in [3.05, 3.63) is 24.3 Å². The number of anilines is 1. The fourth-order valence-corrected chi connectivity index (χ4v) is 4.41. The largest absolute Gasteiger partial charge is 0.491 e. The number of carbonyl (C=O) groups excluding carboxylic acids is 1. The number of rotatable bonds is 9. The Bertz CT molecular complexity index is 698. The second kappa shape index (κ2) is 9.94. The molecule has 152 valence electrons. The quantitative estimate of drug-likeness (QED) is 0.592. The minimum atomic E-state index is -3.80. The van der Waals surface area contributed by atoms with E-state index in [1.165, 1.54) is 6.42 Å². The van der Waals surface area contributed by atoms with Crippen LogP contribution in [0.3, 0.4) is 0 Å². The van der Waals surface area contributed by atoms with Crippen LogP contribution in [0.1, 0.15) is 46.0 Å². The minimum absolute atomic E-state index is 0.0379. The molecule has 4 N–H and O–H groups in total. The maximum absolute atomic E-state index is 12.3. The van der Waals surface area contributed by atoms with Crippen molar-refractivity contribution < 1.29 is 17.9 Å². The molecule has 1 saturated carbocycles. The van der Waals surface area contributed by atoms with Gasteiger partial charge in [-0.15, -0.1) is 0 Å². The van der Waals surface area contributed by atoms with Gasteiger partial charge in [0.2, 0.25) is 15.9 Å². The van der Waals surface area contributed by atoms with E-state index in [1.54, 1.807) is 24.3 Å². The Morgan fingerprint density at radius 1 is 1.19 bits per heavy atom. The fourth-order valence-electron chi connectivity index (χ4n) is 3.42. The lowest BCUT2D eigenvalue weighted by molar-refractivity contribution is -0.119. The van der Waals surface area contributed by atoms with Crippen molar-refractivity contribution in [2.24, 2.45) is 11.7 Å². The van der Waals surface area contributed by atoms with E-state index < -0.39 is 21.7 Å². The van der Waals surface area contributed by atoms with Gasteiger partial charge in [0.1, 0.15) is 11.5 Å². The van der Waals surface area contributed by atoms with Crippen molar-refractivity contribution in [3.8, 4) is 5.75 Å². The van der Waals surface area contributed by atoms with Gasteiger partial charge in [-0.25, -0.2) is 8.42 Å². The maximum atomic E-state index is 12.3. The maximum Gasteiger partial charge on any atom is 0.241 e. The lowest BCUT2D eigenvalue weighted by Crippen LogP contribution is -2.48. The van der Waals surface area contributed by atoms with Crippen LogP contribution in [0, 0.1) is 5.92 Å². The van der Waals surface area contributed by atoms with E-state index in [1.807, 2.05) is 13.8 Å². The average Bonchev–Trinajstić information content (AvgIpc) is 2.61. The van der Waals surface area contributed by atoms with Crippen molar-refractivity contribution in [1.82, 2.24) is 5.32 Å². The summed E-state index contributed by atoms with van der Waals surface area (Å²) in [6.07, 6.45) is 5.56. The zero-order chi connectivity index (χ0) is 19.9. The Morgan fingerprint density at radius 2 is 1.81 bits per heavy atom. The van der Waals surface area contributed by atoms with Crippen LogP contribution < -0.4 is 20.5 Å². The highest BCUT2D eigenvalue weighted by Crippen LogP contribution is 2.26. The number of amides is 1. The van der Waals surface area contributed by atoms with Gasteiger partial charge < -0.3 is 15.8 Å². The molecule has 1 aromatic carbocycles. The fraction of sp³-hybridized carbons (Fsp3) is 0.632. The van der Waals surface area contributed by atoms with Gasteiger partial charge >= 0.3 is 0 Å². The molecular formula is C19H31N3O4S. The molecule has 1 aliphatic rings. The van der Waals surface area contributed by atoms with Gasteiger partial charge in [0.05, 0.1) is 6.10 Å². The molecule has 0 heterocycles. The lowest BCUT2D eigenvalue weighted by atomic mass is 9.84. The molecule has 2 rings (SSSR count). The molecule has 0 aliphatic heterocycles. The van der Waals surface area contributed by atoms with Gasteiger partial charge in [-0.05, 0) is 56.9 Å². The summed E-state index contributed by atoms with van der Waals surface area (Å²) in [5.74, 6) is -0.162. The average molecular weight is 398 g/mol. The van der Waals surface area contributed by atoms with Crippen molar-refractivity contribution in [2.75, 3.05) is 17.0 Å². The zero-order valence-corrected chi connectivity index (χ0v) is 16.9. The Kier molecular flexibility index (Phi) is 7.91. The van der Waals surface area contributed by atoms with Crippen molar-refractivity contribution in [3.63, 3.8) is 0 Å². The first kappa shape index (κ1) is 21.5. The number of nitrogens with two attached hydrogens (primary N) is 1. The van der Waals surface area contributed by atoms with Crippen LogP contribution >= 0.6 is 0 Å². The van der Waals surface area contributed by atoms with Crippen molar-refractivity contribution >= 4 is 21.6 Å². The molecule has 0 bridgehead atoms. The highest BCUT2D eigenvalue weighted by Gasteiger charge is 2.26. The molecule has 1 fully saturated rings. The molecule has 0 radical (unpaired) electrons. The number of ether oxygens (including phenoxy) is 1. The van der Waals surface area contributed by atoms with Crippen LogP contribution in [0.15, 0.2) is 24.3 Å². The van der Waals surface area contributed by atoms with Gasteiger partial charge in [-0.2, -0.15) is 0 Å². The Hall–Kier alpha value is -1.80. The SMILES string of the molecule is CC(C)Oc1ccc(NS(=O)(=O)CC(=O)NC(CN)C2CCCCC2)cc1. The summed E-state index contributed by atoms with van der Waals surface area (Å²) in [4.78, 5) is 12.2. The molecular weight excluding hydrogens is 366 g/mol. The van der Waals surface area contributed by atoms with E-state index in [-0.39, 0.29) is 12.1 Å². The predicted octanol–water partition coefficient (Wildman–Crippen LogP) is 2.24. The Balaban J connectivity index is 1.89. The first-order valence-corrected chi connectivity index (χ1v) is 11.2. The van der Waals surface area contributed by atoms with Crippen LogP contribution in [0.5, 0.6) is 5.75 Å². The lowest BCUT2D eigenvalue weighted by Gasteiger charge is -2.30. The highest BCUT2D eigenvalue weighted by molar-refractivity contribution is 7.93. The van der Waals surface area contributed by atoms with Crippen LogP contribution in [0.2, 0.25) is 0 Å². The number of hydrogen-bond donors (Lipinski definition) is 3. The molecule has 27 heavy (non-hydrogen) atoms. The molecule has 8 heteroatoms. The van der Waals surface area contributed by atoms with Crippen LogP contribution in [0.25, 0.3) is 0 Å². The first-order valence-electron chi connectivity index (χ1n) is 9.55. The van der Waals surface area contributed by atoms with Gasteiger partial charge in [0.15, 0.2) is 0 Å². The van der Waals surface area contributed by atoms with Crippen LogP contribution in [-0.4, -0.2) is 38.8 Å². The zero-order valence-electron chi connectivity index (χ0n) is 16.1. The molecule has 0 saturated heterocycles. The number of benzene rings is 1. The van der Waals surface area contributed by atoms with Gasteiger partial charge in [-0.3, -0.25) is 9.52 Å². The third-order valence-electron chi connectivity index (χ3n) is 4.64. The van der Waals surface area contributed by atoms with E-state index in [0.29, 0.717) is 23.9 Å². The summed E-state index contributed by atoms with van der Waals surface area (Å²) in [7, 11) is -3.80. The number of sulfonamides is 1. The van der Waals surface area contributed by atoms with Crippen molar-refractivity contribution in [2.45, 2.75) is 58.1 Å². The van der Waals surface area contributed by atoms with E-state index >= 15 is 0 Å². The molecule has 0 aromatic heterocycles. The molecule has 1 amide bonds. The first-order chi connectivity index (χ1) is 12.8. The van der Waals surface area contributed by atoms with E-state index in [0.717, 1.165) is 25.7 Å². The standard InChI is InChI=1S/C19H31N3O4S/c1-14(2)26-17-10-8-16(9-11-17)22-27(24,25)13-19(23)21-18(12-20)15-6-4-3-5-7-15/h8-11,14-15,18,22H,3-7,12-13,20H2,1-2H3,(H,21,23). The third-order valence-corrected chi connectivity index (χ3v) is 5.83. The summed E-state index contributed by atoms with van der Waals surface area (Å²) in [6.45, 7) is 4.15. The number of nitrogens with one attached hydrogen (secondary N) is 2. The smallest absolute Gasteiger partial charge is 0.241 e. The molecule has 1 aliphatic carbocycles. The normalized spacial score (nSPS) is 16.7. The summed E-state index contributed by atoms with van der Waals surface area (Å²) >= 11 is 0. The van der Waals surface area contributed by atoms with E-state index in [4.69, 9.17) is 10.5 Å². The van der Waals surface area contributed by atoms with E-state index in [2.05, 4.69) is 10.0 Å². The summed E-state index contributed by atoms with van der Waals surface area (Å²) in [6, 6.07) is 6.42. The highest BCUT2D eigenvalue weighted by atomic mass is 32.2. The topological polar surface area (TPSA) is 111 Å². The number of carbonyl (C=O) groups is 1.